The molecule has 0 aromatic carbocycles. The van der Waals surface area contributed by atoms with Crippen LogP contribution in [0.25, 0.3) is 0 Å². The third-order valence-corrected chi connectivity index (χ3v) is 3.92. The quantitative estimate of drug-likeness (QED) is 0.826. The molecule has 1 heterocycles. The maximum absolute atomic E-state index is 4.07. The van der Waals surface area contributed by atoms with Gasteiger partial charge in [0.05, 0.1) is 5.51 Å². The molecule has 1 aliphatic rings. The fourth-order valence-corrected chi connectivity index (χ4v) is 2.79. The Kier molecular flexibility index (Phi) is 3.19. The summed E-state index contributed by atoms with van der Waals surface area (Å²) in [6.45, 7) is 4.55. The van der Waals surface area contributed by atoms with Crippen LogP contribution in [0.1, 0.15) is 37.5 Å². The SMILES string of the molecule is CC1(CNCc2cncs2)CCCC1. The smallest absolute Gasteiger partial charge is 0.0794 e. The third-order valence-electron chi connectivity index (χ3n) is 3.15. The molecule has 2 nitrogen and oxygen atoms in total. The molecule has 14 heavy (non-hydrogen) atoms. The number of hydrogen-bond acceptors (Lipinski definition) is 3. The molecule has 3 heteroatoms. The van der Waals surface area contributed by atoms with E-state index in [-0.39, 0.29) is 0 Å². The topological polar surface area (TPSA) is 24.9 Å². The Morgan fingerprint density at radius 2 is 2.29 bits per heavy atom. The maximum atomic E-state index is 4.07. The molecule has 0 amide bonds. The van der Waals surface area contributed by atoms with E-state index < -0.39 is 0 Å². The highest BCUT2D eigenvalue weighted by Crippen LogP contribution is 2.36. The summed E-state index contributed by atoms with van der Waals surface area (Å²) in [6.07, 6.45) is 7.57. The van der Waals surface area contributed by atoms with Crippen molar-refractivity contribution in [2.24, 2.45) is 5.41 Å². The molecule has 0 radical (unpaired) electrons. The summed E-state index contributed by atoms with van der Waals surface area (Å²) in [5, 5.41) is 3.54. The molecule has 1 fully saturated rings. The molecule has 1 aromatic rings. The highest BCUT2D eigenvalue weighted by atomic mass is 32.1. The molecule has 1 saturated carbocycles. The van der Waals surface area contributed by atoms with Gasteiger partial charge >= 0.3 is 0 Å². The van der Waals surface area contributed by atoms with E-state index in [9.17, 15) is 0 Å². The normalized spacial score (nSPS) is 20.1. The Labute approximate surface area is 89.8 Å². The van der Waals surface area contributed by atoms with Crippen molar-refractivity contribution >= 4 is 11.3 Å². The maximum Gasteiger partial charge on any atom is 0.0794 e. The second-order valence-corrected chi connectivity index (χ2v) is 5.56. The van der Waals surface area contributed by atoms with Crippen LogP contribution in [0.15, 0.2) is 11.7 Å². The Morgan fingerprint density at radius 3 is 2.93 bits per heavy atom. The van der Waals surface area contributed by atoms with Crippen LogP contribution >= 0.6 is 11.3 Å². The van der Waals surface area contributed by atoms with Gasteiger partial charge in [0.2, 0.25) is 0 Å². The second kappa shape index (κ2) is 4.41. The standard InChI is InChI=1S/C11H18N2S/c1-11(4-2-3-5-11)8-12-6-10-7-13-9-14-10/h7,9,12H,2-6,8H2,1H3. The molecule has 0 saturated heterocycles. The van der Waals surface area contributed by atoms with Crippen molar-refractivity contribution < 1.29 is 0 Å². The number of thiazole rings is 1. The predicted molar refractivity (Wildman–Crippen MR) is 60.4 cm³/mol. The molecule has 1 N–H and O–H groups in total. The van der Waals surface area contributed by atoms with Gasteiger partial charge in [-0.3, -0.25) is 4.98 Å². The summed E-state index contributed by atoms with van der Waals surface area (Å²) >= 11 is 1.73. The average molecular weight is 210 g/mol. The molecular weight excluding hydrogens is 192 g/mol. The molecule has 0 spiro atoms. The van der Waals surface area contributed by atoms with Crippen LogP contribution in [-0.2, 0) is 6.54 Å². The van der Waals surface area contributed by atoms with E-state index in [1.807, 2.05) is 11.7 Å². The number of nitrogens with one attached hydrogen (secondary N) is 1. The van der Waals surface area contributed by atoms with Crippen molar-refractivity contribution in [2.75, 3.05) is 6.54 Å². The molecular formula is C11H18N2S. The fourth-order valence-electron chi connectivity index (χ4n) is 2.22. The first-order valence-electron chi connectivity index (χ1n) is 5.37. The summed E-state index contributed by atoms with van der Waals surface area (Å²) in [6, 6.07) is 0. The molecule has 0 unspecified atom stereocenters. The van der Waals surface area contributed by atoms with Gasteiger partial charge in [-0.15, -0.1) is 11.3 Å². The first-order chi connectivity index (χ1) is 6.79. The molecule has 1 aromatic heterocycles. The zero-order chi connectivity index (χ0) is 9.86. The van der Waals surface area contributed by atoms with E-state index in [0.717, 1.165) is 13.1 Å². The van der Waals surface area contributed by atoms with Gasteiger partial charge in [0.25, 0.3) is 0 Å². The molecule has 0 aliphatic heterocycles. The lowest BCUT2D eigenvalue weighted by atomic mass is 9.89. The van der Waals surface area contributed by atoms with Crippen molar-refractivity contribution in [2.45, 2.75) is 39.2 Å². The average Bonchev–Trinajstić information content (AvgIpc) is 2.77. The van der Waals surface area contributed by atoms with Crippen LogP contribution in [0.2, 0.25) is 0 Å². The van der Waals surface area contributed by atoms with E-state index >= 15 is 0 Å². The number of nitrogens with zero attached hydrogens (tertiary/aromatic N) is 1. The zero-order valence-electron chi connectivity index (χ0n) is 8.75. The van der Waals surface area contributed by atoms with Crippen molar-refractivity contribution in [3.63, 3.8) is 0 Å². The lowest BCUT2D eigenvalue weighted by Crippen LogP contribution is -2.28. The Hall–Kier alpha value is -0.410. The van der Waals surface area contributed by atoms with Gasteiger partial charge in [-0.1, -0.05) is 19.8 Å². The number of aromatic nitrogens is 1. The highest BCUT2D eigenvalue weighted by Gasteiger charge is 2.27. The summed E-state index contributed by atoms with van der Waals surface area (Å²) in [5.41, 5.74) is 2.46. The van der Waals surface area contributed by atoms with Gasteiger partial charge in [-0.25, -0.2) is 0 Å². The van der Waals surface area contributed by atoms with Crippen LogP contribution in [-0.4, -0.2) is 11.5 Å². The summed E-state index contributed by atoms with van der Waals surface area (Å²) < 4.78 is 0. The minimum absolute atomic E-state index is 0.560. The van der Waals surface area contributed by atoms with Gasteiger partial charge in [0, 0.05) is 24.2 Å². The van der Waals surface area contributed by atoms with Gasteiger partial charge < -0.3 is 5.32 Å². The first kappa shape index (κ1) is 10.1. The van der Waals surface area contributed by atoms with Gasteiger partial charge in [-0.05, 0) is 18.3 Å². The molecule has 0 bridgehead atoms. The van der Waals surface area contributed by atoms with E-state index in [1.54, 1.807) is 11.3 Å². The summed E-state index contributed by atoms with van der Waals surface area (Å²) in [4.78, 5) is 5.41. The summed E-state index contributed by atoms with van der Waals surface area (Å²) in [7, 11) is 0. The van der Waals surface area contributed by atoms with Crippen molar-refractivity contribution in [1.29, 1.82) is 0 Å². The Balaban J connectivity index is 1.72. The van der Waals surface area contributed by atoms with E-state index in [1.165, 1.54) is 30.6 Å². The highest BCUT2D eigenvalue weighted by molar-refractivity contribution is 7.09. The number of hydrogen-bond donors (Lipinski definition) is 1. The lowest BCUT2D eigenvalue weighted by Gasteiger charge is -2.23. The molecule has 78 valence electrons. The molecule has 2 rings (SSSR count). The lowest BCUT2D eigenvalue weighted by molar-refractivity contribution is 0.315. The van der Waals surface area contributed by atoms with Crippen LogP contribution in [0.3, 0.4) is 0 Å². The monoisotopic (exact) mass is 210 g/mol. The van der Waals surface area contributed by atoms with E-state index in [2.05, 4.69) is 17.2 Å². The fraction of sp³-hybridized carbons (Fsp3) is 0.727. The summed E-state index contributed by atoms with van der Waals surface area (Å²) in [5.74, 6) is 0. The van der Waals surface area contributed by atoms with E-state index in [4.69, 9.17) is 0 Å². The Bertz CT molecular complexity index is 263. The largest absolute Gasteiger partial charge is 0.311 e. The second-order valence-electron chi connectivity index (χ2n) is 4.59. The van der Waals surface area contributed by atoms with Crippen LogP contribution < -0.4 is 5.32 Å². The minimum atomic E-state index is 0.560. The molecule has 0 atom stereocenters. The minimum Gasteiger partial charge on any atom is -0.311 e. The van der Waals surface area contributed by atoms with Gasteiger partial charge in [0.15, 0.2) is 0 Å². The van der Waals surface area contributed by atoms with Crippen molar-refractivity contribution in [3.05, 3.63) is 16.6 Å². The van der Waals surface area contributed by atoms with Crippen molar-refractivity contribution in [3.8, 4) is 0 Å². The first-order valence-corrected chi connectivity index (χ1v) is 6.25. The molecule has 1 aliphatic carbocycles. The zero-order valence-corrected chi connectivity index (χ0v) is 9.57. The van der Waals surface area contributed by atoms with Crippen molar-refractivity contribution in [1.82, 2.24) is 10.3 Å². The van der Waals surface area contributed by atoms with Crippen LogP contribution in [0, 0.1) is 5.41 Å². The van der Waals surface area contributed by atoms with Crippen LogP contribution in [0.4, 0.5) is 0 Å². The third kappa shape index (κ3) is 2.55. The Morgan fingerprint density at radius 1 is 1.50 bits per heavy atom. The predicted octanol–water partition coefficient (Wildman–Crippen LogP) is 2.81. The number of rotatable bonds is 4. The van der Waals surface area contributed by atoms with Crippen LogP contribution in [0.5, 0.6) is 0 Å². The van der Waals surface area contributed by atoms with Gasteiger partial charge in [0.1, 0.15) is 0 Å². The van der Waals surface area contributed by atoms with E-state index in [0.29, 0.717) is 5.41 Å². The van der Waals surface area contributed by atoms with Gasteiger partial charge in [-0.2, -0.15) is 0 Å².